The normalized spacial score (nSPS) is 17.0. The maximum Gasteiger partial charge on any atom is 0.325 e. The van der Waals surface area contributed by atoms with E-state index in [0.717, 1.165) is 19.6 Å². The zero-order chi connectivity index (χ0) is 22.9. The second kappa shape index (κ2) is 9.11. The Morgan fingerprint density at radius 1 is 1.12 bits per heavy atom. The Balaban J connectivity index is 1.36. The third kappa shape index (κ3) is 4.20. The molecule has 3 aromatic rings. The summed E-state index contributed by atoms with van der Waals surface area (Å²) in [4.78, 5) is 35.8. The fraction of sp³-hybridized carbons (Fsp3) is 0.435. The van der Waals surface area contributed by atoms with E-state index in [1.807, 2.05) is 6.92 Å². The van der Waals surface area contributed by atoms with Gasteiger partial charge in [-0.2, -0.15) is 0 Å². The summed E-state index contributed by atoms with van der Waals surface area (Å²) < 4.78 is 22.1. The zero-order valence-electron chi connectivity index (χ0n) is 18.5. The second-order valence-corrected chi connectivity index (χ2v) is 9.28. The summed E-state index contributed by atoms with van der Waals surface area (Å²) in [5.41, 5.74) is 0.613. The van der Waals surface area contributed by atoms with E-state index >= 15 is 0 Å². The molecule has 2 aromatic heterocycles. The first-order valence-corrected chi connectivity index (χ1v) is 12.1. The van der Waals surface area contributed by atoms with Crippen molar-refractivity contribution in [2.24, 2.45) is 0 Å². The van der Waals surface area contributed by atoms with Crippen LogP contribution in [0.25, 0.3) is 15.9 Å². The number of amides is 2. The average molecular weight is 472 g/mol. The van der Waals surface area contributed by atoms with Crippen LogP contribution in [0, 0.1) is 5.82 Å². The number of hydrogen-bond donors (Lipinski definition) is 0. The average Bonchev–Trinajstić information content (AvgIpc) is 3.55. The number of likely N-dealkylation sites (N-methyl/N-ethyl adjacent to an activating group) is 1. The van der Waals surface area contributed by atoms with Crippen molar-refractivity contribution in [1.82, 2.24) is 19.4 Å². The van der Waals surface area contributed by atoms with Gasteiger partial charge in [-0.1, -0.05) is 0 Å². The van der Waals surface area contributed by atoms with Crippen molar-refractivity contribution in [3.05, 3.63) is 46.8 Å². The molecule has 4 heterocycles. The van der Waals surface area contributed by atoms with Crippen molar-refractivity contribution in [2.75, 3.05) is 50.8 Å². The van der Waals surface area contributed by atoms with Gasteiger partial charge in [0.15, 0.2) is 11.6 Å². The molecule has 0 N–H and O–H groups in total. The number of nitrogens with zero attached hydrogens (tertiary/aromatic N) is 5. The SMILES string of the molecule is CCN1CCN(c2cc3ncn(-c4ccc(OCCN5CCCC5)c(F)c4)c(=O)c3s2)C1=O. The number of thiophene rings is 1. The molecule has 0 spiro atoms. The van der Waals surface area contributed by atoms with Crippen molar-refractivity contribution in [2.45, 2.75) is 19.8 Å². The zero-order valence-corrected chi connectivity index (χ0v) is 19.3. The van der Waals surface area contributed by atoms with Gasteiger partial charge in [0.1, 0.15) is 22.6 Å². The van der Waals surface area contributed by atoms with Gasteiger partial charge in [0.25, 0.3) is 5.56 Å². The Kier molecular flexibility index (Phi) is 6.03. The number of likely N-dealkylation sites (tertiary alicyclic amines) is 1. The summed E-state index contributed by atoms with van der Waals surface area (Å²) in [5, 5.41) is 0.696. The molecule has 10 heteroatoms. The Morgan fingerprint density at radius 2 is 1.94 bits per heavy atom. The van der Waals surface area contributed by atoms with Crippen LogP contribution in [0.3, 0.4) is 0 Å². The number of urea groups is 1. The summed E-state index contributed by atoms with van der Waals surface area (Å²) in [7, 11) is 0. The van der Waals surface area contributed by atoms with E-state index in [9.17, 15) is 14.0 Å². The molecule has 0 unspecified atom stereocenters. The number of halogens is 1. The molecule has 0 aliphatic carbocycles. The molecule has 174 valence electrons. The maximum atomic E-state index is 14.7. The van der Waals surface area contributed by atoms with Gasteiger partial charge in [-0.25, -0.2) is 14.2 Å². The van der Waals surface area contributed by atoms with Crippen LogP contribution < -0.4 is 15.2 Å². The van der Waals surface area contributed by atoms with Crippen LogP contribution in [-0.2, 0) is 0 Å². The number of benzene rings is 1. The van der Waals surface area contributed by atoms with Crippen LogP contribution in [0.4, 0.5) is 14.2 Å². The van der Waals surface area contributed by atoms with Crippen LogP contribution in [0.2, 0.25) is 0 Å². The summed E-state index contributed by atoms with van der Waals surface area (Å²) >= 11 is 1.24. The fourth-order valence-electron chi connectivity index (χ4n) is 4.34. The van der Waals surface area contributed by atoms with Crippen molar-refractivity contribution in [3.8, 4) is 11.4 Å². The standard InChI is InChI=1S/C23H26FN5O3S/c1-2-27-9-10-28(23(27)31)20-14-18-21(33-20)22(30)29(15-25-18)16-5-6-19(17(24)13-16)32-12-11-26-7-3-4-8-26/h5-6,13-15H,2-4,7-12H2,1H3. The van der Waals surface area contributed by atoms with Gasteiger partial charge in [0, 0.05) is 32.2 Å². The minimum Gasteiger partial charge on any atom is -0.489 e. The molecule has 0 atom stereocenters. The highest BCUT2D eigenvalue weighted by atomic mass is 32.1. The monoisotopic (exact) mass is 471 g/mol. The molecule has 0 radical (unpaired) electrons. The first-order chi connectivity index (χ1) is 16.0. The smallest absolute Gasteiger partial charge is 0.325 e. The number of aromatic nitrogens is 2. The molecule has 5 rings (SSSR count). The molecule has 2 aliphatic rings. The van der Waals surface area contributed by atoms with E-state index in [0.29, 0.717) is 47.1 Å². The molecule has 33 heavy (non-hydrogen) atoms. The van der Waals surface area contributed by atoms with Crippen LogP contribution in [0.15, 0.2) is 35.4 Å². The summed E-state index contributed by atoms with van der Waals surface area (Å²) in [6.07, 6.45) is 3.80. The molecule has 2 aliphatic heterocycles. The highest BCUT2D eigenvalue weighted by molar-refractivity contribution is 7.22. The highest BCUT2D eigenvalue weighted by Gasteiger charge is 2.30. The fourth-order valence-corrected chi connectivity index (χ4v) is 5.41. The lowest BCUT2D eigenvalue weighted by molar-refractivity contribution is 0.223. The third-order valence-electron chi connectivity index (χ3n) is 6.22. The van der Waals surface area contributed by atoms with Gasteiger partial charge in [-0.3, -0.25) is 19.2 Å². The predicted octanol–water partition coefficient (Wildman–Crippen LogP) is 3.32. The van der Waals surface area contributed by atoms with Crippen molar-refractivity contribution in [1.29, 1.82) is 0 Å². The minimum absolute atomic E-state index is 0.0632. The lowest BCUT2D eigenvalue weighted by atomic mass is 10.3. The molecule has 2 fully saturated rings. The van der Waals surface area contributed by atoms with Gasteiger partial charge in [-0.05, 0) is 51.1 Å². The topological polar surface area (TPSA) is 70.9 Å². The number of hydrogen-bond acceptors (Lipinski definition) is 6. The number of ether oxygens (including phenoxy) is 1. The minimum atomic E-state index is -0.518. The number of anilines is 1. The van der Waals surface area contributed by atoms with Gasteiger partial charge in [0.05, 0.1) is 11.2 Å². The molecule has 0 saturated carbocycles. The largest absolute Gasteiger partial charge is 0.489 e. The van der Waals surface area contributed by atoms with Crippen molar-refractivity contribution < 1.29 is 13.9 Å². The molecular formula is C23H26FN5O3S. The Labute approximate surface area is 194 Å². The molecule has 8 nitrogen and oxygen atoms in total. The Morgan fingerprint density at radius 3 is 2.67 bits per heavy atom. The predicted molar refractivity (Wildman–Crippen MR) is 126 cm³/mol. The summed E-state index contributed by atoms with van der Waals surface area (Å²) in [6.45, 7) is 7.16. The second-order valence-electron chi connectivity index (χ2n) is 8.24. The van der Waals surface area contributed by atoms with Crippen molar-refractivity contribution >= 4 is 32.6 Å². The van der Waals surface area contributed by atoms with Gasteiger partial charge in [-0.15, -0.1) is 11.3 Å². The van der Waals surface area contributed by atoms with Crippen molar-refractivity contribution in [3.63, 3.8) is 0 Å². The van der Waals surface area contributed by atoms with E-state index in [4.69, 9.17) is 4.74 Å². The lowest BCUT2D eigenvalue weighted by Gasteiger charge is -2.15. The van der Waals surface area contributed by atoms with Crippen LogP contribution in [0.5, 0.6) is 5.75 Å². The molecule has 0 bridgehead atoms. The first kappa shape index (κ1) is 21.8. The Bertz CT molecular complexity index is 1240. The van der Waals surface area contributed by atoms with Crippen LogP contribution >= 0.6 is 11.3 Å². The van der Waals surface area contributed by atoms with Crippen LogP contribution in [0.1, 0.15) is 19.8 Å². The number of carbonyl (C=O) groups excluding carboxylic acids is 1. The Hall–Kier alpha value is -2.98. The van der Waals surface area contributed by atoms with Gasteiger partial charge < -0.3 is 9.64 Å². The van der Waals surface area contributed by atoms with E-state index in [1.54, 1.807) is 28.0 Å². The molecule has 2 amide bonds. The quantitative estimate of drug-likeness (QED) is 0.529. The highest BCUT2D eigenvalue weighted by Crippen LogP contribution is 2.32. The van der Waals surface area contributed by atoms with Gasteiger partial charge >= 0.3 is 6.03 Å². The van der Waals surface area contributed by atoms with E-state index in [1.165, 1.54) is 41.1 Å². The number of fused-ring (bicyclic) bond motifs is 1. The number of carbonyl (C=O) groups is 1. The van der Waals surface area contributed by atoms with Crippen LogP contribution in [-0.4, -0.2) is 71.3 Å². The van der Waals surface area contributed by atoms with E-state index < -0.39 is 5.82 Å². The molecule has 2 saturated heterocycles. The van der Waals surface area contributed by atoms with E-state index in [-0.39, 0.29) is 17.3 Å². The summed E-state index contributed by atoms with van der Waals surface area (Å²) in [6, 6.07) is 6.19. The maximum absolute atomic E-state index is 14.7. The van der Waals surface area contributed by atoms with Gasteiger partial charge in [0.2, 0.25) is 0 Å². The van der Waals surface area contributed by atoms with E-state index in [2.05, 4.69) is 9.88 Å². The summed E-state index contributed by atoms with van der Waals surface area (Å²) in [5.74, 6) is -0.346. The molecule has 1 aromatic carbocycles. The third-order valence-corrected chi connectivity index (χ3v) is 7.36. The number of rotatable bonds is 7. The molecular weight excluding hydrogens is 445 g/mol. The lowest BCUT2D eigenvalue weighted by Crippen LogP contribution is -2.31. The first-order valence-electron chi connectivity index (χ1n) is 11.3.